The van der Waals surface area contributed by atoms with Crippen molar-refractivity contribution < 1.29 is 14.4 Å². The van der Waals surface area contributed by atoms with Crippen LogP contribution in [0.5, 0.6) is 0 Å². The summed E-state index contributed by atoms with van der Waals surface area (Å²) < 4.78 is 0. The predicted octanol–water partition coefficient (Wildman–Crippen LogP) is 4.09. The third-order valence-corrected chi connectivity index (χ3v) is 6.61. The average Bonchev–Trinajstić information content (AvgIpc) is 3.39. The quantitative estimate of drug-likeness (QED) is 0.462. The first-order valence-electron chi connectivity index (χ1n) is 12.5. The Morgan fingerprint density at radius 1 is 0.971 bits per heavy atom. The third kappa shape index (κ3) is 5.88. The molecule has 0 aliphatic carbocycles. The molecule has 2 N–H and O–H groups in total. The summed E-state index contributed by atoms with van der Waals surface area (Å²) >= 11 is 0. The number of amides is 3. The highest BCUT2D eigenvalue weighted by Crippen LogP contribution is 2.23. The van der Waals surface area contributed by atoms with Crippen molar-refractivity contribution in [3.05, 3.63) is 83.9 Å². The Labute approximate surface area is 206 Å². The molecular formula is C29H33N3O3. The molecule has 0 spiro atoms. The Balaban J connectivity index is 1.59. The summed E-state index contributed by atoms with van der Waals surface area (Å²) in [6.45, 7) is 3.20. The van der Waals surface area contributed by atoms with Crippen LogP contribution >= 0.6 is 0 Å². The molecule has 6 heteroatoms. The Bertz CT molecular complexity index is 1170. The highest BCUT2D eigenvalue weighted by molar-refractivity contribution is 5.99. The molecule has 4 rings (SSSR count). The second-order valence-corrected chi connectivity index (χ2v) is 9.07. The maximum Gasteiger partial charge on any atom is 0.251 e. The smallest absolute Gasteiger partial charge is 0.251 e. The van der Waals surface area contributed by atoms with Gasteiger partial charge in [0.15, 0.2) is 0 Å². The fourth-order valence-corrected chi connectivity index (χ4v) is 4.73. The van der Waals surface area contributed by atoms with E-state index in [1.54, 1.807) is 29.2 Å². The molecule has 3 amide bonds. The van der Waals surface area contributed by atoms with Crippen molar-refractivity contribution in [1.82, 2.24) is 15.5 Å². The minimum Gasteiger partial charge on any atom is -0.354 e. The standard InChI is InChI=1S/C29H33N3O3/c1-2-3-18-30-28(34)26-17-10-19-32(26)29(35)25(31-27(33)22-12-5-4-6-13-22)20-23-15-9-14-21-11-7-8-16-24(21)23/h4-9,11-16,25-26H,2-3,10,17-20H2,1H3,(H,30,34)(H,31,33)/t25-,26-/m0/s1. The topological polar surface area (TPSA) is 78.5 Å². The van der Waals surface area contributed by atoms with Crippen LogP contribution in [0.15, 0.2) is 72.8 Å². The maximum atomic E-state index is 13.8. The van der Waals surface area contributed by atoms with Crippen molar-refractivity contribution in [2.75, 3.05) is 13.1 Å². The van der Waals surface area contributed by atoms with E-state index in [4.69, 9.17) is 0 Å². The number of unbranched alkanes of at least 4 members (excludes halogenated alkanes) is 1. The van der Waals surface area contributed by atoms with E-state index in [0.717, 1.165) is 35.6 Å². The fourth-order valence-electron chi connectivity index (χ4n) is 4.73. The zero-order valence-electron chi connectivity index (χ0n) is 20.2. The van der Waals surface area contributed by atoms with Gasteiger partial charge >= 0.3 is 0 Å². The molecule has 1 fully saturated rings. The summed E-state index contributed by atoms with van der Waals surface area (Å²) in [5.41, 5.74) is 1.48. The van der Waals surface area contributed by atoms with Crippen molar-refractivity contribution in [3.8, 4) is 0 Å². The van der Waals surface area contributed by atoms with Gasteiger partial charge in [0, 0.05) is 25.1 Å². The highest BCUT2D eigenvalue weighted by Gasteiger charge is 2.37. The summed E-state index contributed by atoms with van der Waals surface area (Å²) in [5, 5.41) is 8.08. The first kappa shape index (κ1) is 24.5. The zero-order chi connectivity index (χ0) is 24.6. The van der Waals surface area contributed by atoms with Gasteiger partial charge < -0.3 is 15.5 Å². The van der Waals surface area contributed by atoms with Gasteiger partial charge in [-0.1, -0.05) is 74.0 Å². The Kier molecular flexibility index (Phi) is 8.14. The molecular weight excluding hydrogens is 438 g/mol. The number of hydrogen-bond donors (Lipinski definition) is 2. The van der Waals surface area contributed by atoms with Crippen LogP contribution in [0, 0.1) is 0 Å². The van der Waals surface area contributed by atoms with Crippen LogP contribution in [0.3, 0.4) is 0 Å². The number of hydrogen-bond acceptors (Lipinski definition) is 3. The fraction of sp³-hybridized carbons (Fsp3) is 0.345. The van der Waals surface area contributed by atoms with Crippen molar-refractivity contribution in [1.29, 1.82) is 0 Å². The van der Waals surface area contributed by atoms with E-state index in [1.807, 2.05) is 48.5 Å². The SMILES string of the molecule is CCCCNC(=O)[C@@H]1CCCN1C(=O)[C@H](Cc1cccc2ccccc12)NC(=O)c1ccccc1. The second kappa shape index (κ2) is 11.6. The molecule has 0 bridgehead atoms. The van der Waals surface area contributed by atoms with Crippen LogP contribution < -0.4 is 10.6 Å². The molecule has 2 atom stereocenters. The van der Waals surface area contributed by atoms with Gasteiger partial charge in [0.25, 0.3) is 5.91 Å². The number of nitrogens with one attached hydrogen (secondary N) is 2. The van der Waals surface area contributed by atoms with Gasteiger partial charge in [0.05, 0.1) is 0 Å². The zero-order valence-corrected chi connectivity index (χ0v) is 20.2. The number of carbonyl (C=O) groups is 3. The molecule has 1 saturated heterocycles. The third-order valence-electron chi connectivity index (χ3n) is 6.61. The Morgan fingerprint density at radius 3 is 2.51 bits per heavy atom. The largest absolute Gasteiger partial charge is 0.354 e. The van der Waals surface area contributed by atoms with E-state index >= 15 is 0 Å². The van der Waals surface area contributed by atoms with Crippen LogP contribution in [-0.2, 0) is 16.0 Å². The molecule has 1 aliphatic rings. The highest BCUT2D eigenvalue weighted by atomic mass is 16.2. The lowest BCUT2D eigenvalue weighted by Crippen LogP contribution is -2.54. The van der Waals surface area contributed by atoms with E-state index in [0.29, 0.717) is 31.5 Å². The van der Waals surface area contributed by atoms with Crippen molar-refractivity contribution in [3.63, 3.8) is 0 Å². The number of benzene rings is 3. The van der Waals surface area contributed by atoms with E-state index in [9.17, 15) is 14.4 Å². The normalized spacial score (nSPS) is 16.1. The van der Waals surface area contributed by atoms with Gasteiger partial charge in [0.1, 0.15) is 12.1 Å². The van der Waals surface area contributed by atoms with Crippen molar-refractivity contribution in [2.24, 2.45) is 0 Å². The van der Waals surface area contributed by atoms with Crippen LogP contribution in [-0.4, -0.2) is 47.8 Å². The molecule has 6 nitrogen and oxygen atoms in total. The number of carbonyl (C=O) groups excluding carboxylic acids is 3. The summed E-state index contributed by atoms with van der Waals surface area (Å²) in [6.07, 6.45) is 3.65. The molecule has 0 unspecified atom stereocenters. The lowest BCUT2D eigenvalue weighted by Gasteiger charge is -2.29. The van der Waals surface area contributed by atoms with Gasteiger partial charge in [-0.3, -0.25) is 14.4 Å². The van der Waals surface area contributed by atoms with Crippen LogP contribution in [0.4, 0.5) is 0 Å². The van der Waals surface area contributed by atoms with Gasteiger partial charge in [-0.05, 0) is 47.7 Å². The molecule has 0 radical (unpaired) electrons. The summed E-state index contributed by atoms with van der Waals surface area (Å²) in [4.78, 5) is 41.4. The predicted molar refractivity (Wildman–Crippen MR) is 138 cm³/mol. The molecule has 35 heavy (non-hydrogen) atoms. The number of fused-ring (bicyclic) bond motifs is 1. The average molecular weight is 472 g/mol. The first-order valence-corrected chi connectivity index (χ1v) is 12.5. The van der Waals surface area contributed by atoms with Crippen LogP contribution in [0.1, 0.15) is 48.5 Å². The van der Waals surface area contributed by atoms with Gasteiger partial charge in [-0.25, -0.2) is 0 Å². The minimum atomic E-state index is -0.780. The van der Waals surface area contributed by atoms with Crippen molar-refractivity contribution >= 4 is 28.5 Å². The lowest BCUT2D eigenvalue weighted by atomic mass is 9.97. The Morgan fingerprint density at radius 2 is 1.71 bits per heavy atom. The van der Waals surface area contributed by atoms with E-state index in [1.165, 1.54) is 0 Å². The molecule has 1 heterocycles. The van der Waals surface area contributed by atoms with Crippen LogP contribution in [0.25, 0.3) is 10.8 Å². The maximum absolute atomic E-state index is 13.8. The van der Waals surface area contributed by atoms with Crippen molar-refractivity contribution in [2.45, 2.75) is 51.1 Å². The number of nitrogens with zero attached hydrogens (tertiary/aromatic N) is 1. The Hall–Kier alpha value is -3.67. The lowest BCUT2D eigenvalue weighted by molar-refractivity contribution is -0.139. The second-order valence-electron chi connectivity index (χ2n) is 9.07. The molecule has 0 aromatic heterocycles. The van der Waals surface area contributed by atoms with E-state index in [-0.39, 0.29) is 17.7 Å². The monoisotopic (exact) mass is 471 g/mol. The number of rotatable bonds is 9. The molecule has 1 aliphatic heterocycles. The summed E-state index contributed by atoms with van der Waals surface area (Å²) in [6, 6.07) is 21.7. The van der Waals surface area contributed by atoms with E-state index < -0.39 is 12.1 Å². The molecule has 3 aromatic carbocycles. The summed E-state index contributed by atoms with van der Waals surface area (Å²) in [7, 11) is 0. The molecule has 182 valence electrons. The first-order chi connectivity index (χ1) is 17.1. The van der Waals surface area contributed by atoms with Gasteiger partial charge in [-0.2, -0.15) is 0 Å². The van der Waals surface area contributed by atoms with Gasteiger partial charge in [0.2, 0.25) is 11.8 Å². The minimum absolute atomic E-state index is 0.109. The van der Waals surface area contributed by atoms with Gasteiger partial charge in [-0.15, -0.1) is 0 Å². The molecule has 3 aromatic rings. The summed E-state index contributed by atoms with van der Waals surface area (Å²) in [5.74, 6) is -0.620. The van der Waals surface area contributed by atoms with Crippen LogP contribution in [0.2, 0.25) is 0 Å². The number of likely N-dealkylation sites (tertiary alicyclic amines) is 1. The molecule has 0 saturated carbocycles. The van der Waals surface area contributed by atoms with E-state index in [2.05, 4.69) is 17.6 Å².